The van der Waals surface area contributed by atoms with Crippen LogP contribution in [0.4, 0.5) is 0 Å². The Morgan fingerprint density at radius 1 is 0.870 bits per heavy atom. The number of aromatic carboxylic acids is 1. The number of nitrogens with zero attached hydrogens (tertiary/aromatic N) is 1. The molecule has 0 aliphatic carbocycles. The molecule has 0 amide bonds. The standard InChI is InChI=1S/C10H7NO2.C6H6O3S/c12-10(13)9-6-5-7-3-1-2-4-8(7)11-9;7-10(8,9)6-4-2-1-3-5-6/h1-6H,(H,12,13);1-5H,(H,7,8,9). The Kier molecular flexibility index (Phi) is 5.05. The molecule has 0 aliphatic rings. The molecule has 0 saturated carbocycles. The van der Waals surface area contributed by atoms with Crippen LogP contribution in [0.25, 0.3) is 10.9 Å². The predicted molar refractivity (Wildman–Crippen MR) is 85.0 cm³/mol. The second-order valence-electron chi connectivity index (χ2n) is 4.48. The molecule has 0 atom stereocenters. The SMILES string of the molecule is O=C(O)c1ccc2ccccc2n1.O=S(=O)(O)c1ccccc1. The zero-order valence-electron chi connectivity index (χ0n) is 11.8. The second-order valence-corrected chi connectivity index (χ2v) is 5.90. The molecule has 0 unspecified atom stereocenters. The van der Waals surface area contributed by atoms with Gasteiger partial charge in [0.2, 0.25) is 0 Å². The van der Waals surface area contributed by atoms with Gasteiger partial charge in [-0.3, -0.25) is 4.55 Å². The van der Waals surface area contributed by atoms with Crippen LogP contribution in [0.1, 0.15) is 10.5 Å². The smallest absolute Gasteiger partial charge is 0.354 e. The van der Waals surface area contributed by atoms with Crippen molar-refractivity contribution in [3.8, 4) is 0 Å². The maximum atomic E-state index is 10.6. The van der Waals surface area contributed by atoms with Gasteiger partial charge >= 0.3 is 5.97 Å². The summed E-state index contributed by atoms with van der Waals surface area (Å²) in [5.74, 6) is -0.995. The maximum absolute atomic E-state index is 10.6. The van der Waals surface area contributed by atoms with Crippen LogP contribution in [0, 0.1) is 0 Å². The lowest BCUT2D eigenvalue weighted by Crippen LogP contribution is -1.99. The van der Waals surface area contributed by atoms with Gasteiger partial charge in [0.25, 0.3) is 10.1 Å². The molecule has 3 aromatic rings. The van der Waals surface area contributed by atoms with Gasteiger partial charge in [-0.1, -0.05) is 42.5 Å². The molecular weight excluding hydrogens is 318 g/mol. The minimum Gasteiger partial charge on any atom is -0.477 e. The van der Waals surface area contributed by atoms with Crippen LogP contribution >= 0.6 is 0 Å². The van der Waals surface area contributed by atoms with Crippen molar-refractivity contribution in [1.82, 2.24) is 4.98 Å². The van der Waals surface area contributed by atoms with E-state index in [1.807, 2.05) is 18.2 Å². The van der Waals surface area contributed by atoms with Gasteiger partial charge in [-0.25, -0.2) is 9.78 Å². The second kappa shape index (κ2) is 6.99. The van der Waals surface area contributed by atoms with Crippen LogP contribution in [-0.4, -0.2) is 29.0 Å². The number of para-hydroxylation sites is 1. The number of aromatic nitrogens is 1. The van der Waals surface area contributed by atoms with E-state index >= 15 is 0 Å². The summed E-state index contributed by atoms with van der Waals surface area (Å²) in [5.41, 5.74) is 0.793. The van der Waals surface area contributed by atoms with Gasteiger partial charge in [-0.15, -0.1) is 0 Å². The van der Waals surface area contributed by atoms with Crippen molar-refractivity contribution in [2.75, 3.05) is 0 Å². The number of carbonyl (C=O) groups is 1. The largest absolute Gasteiger partial charge is 0.477 e. The number of fused-ring (bicyclic) bond motifs is 1. The molecule has 3 rings (SSSR count). The van der Waals surface area contributed by atoms with E-state index in [9.17, 15) is 13.2 Å². The third-order valence-electron chi connectivity index (χ3n) is 2.86. The zero-order valence-corrected chi connectivity index (χ0v) is 12.6. The number of rotatable bonds is 2. The summed E-state index contributed by atoms with van der Waals surface area (Å²) < 4.78 is 29.2. The minimum absolute atomic E-state index is 0.0741. The van der Waals surface area contributed by atoms with Crippen LogP contribution in [0.15, 0.2) is 71.6 Å². The van der Waals surface area contributed by atoms with Gasteiger partial charge in [0.05, 0.1) is 10.4 Å². The van der Waals surface area contributed by atoms with Gasteiger partial charge in [0.1, 0.15) is 5.69 Å². The number of hydrogen-bond donors (Lipinski definition) is 2. The molecule has 118 valence electrons. The van der Waals surface area contributed by atoms with Crippen LogP contribution in [0.5, 0.6) is 0 Å². The Balaban J connectivity index is 0.000000174. The molecular formula is C16H13NO5S. The first kappa shape index (κ1) is 16.6. The lowest BCUT2D eigenvalue weighted by molar-refractivity contribution is 0.0691. The Bertz CT molecular complexity index is 923. The van der Waals surface area contributed by atoms with Crippen molar-refractivity contribution in [2.24, 2.45) is 0 Å². The monoisotopic (exact) mass is 331 g/mol. The van der Waals surface area contributed by atoms with Gasteiger partial charge in [-0.2, -0.15) is 8.42 Å². The van der Waals surface area contributed by atoms with Crippen molar-refractivity contribution in [3.05, 3.63) is 72.4 Å². The van der Waals surface area contributed by atoms with E-state index in [0.29, 0.717) is 5.52 Å². The first-order chi connectivity index (χ1) is 10.9. The average molecular weight is 331 g/mol. The van der Waals surface area contributed by atoms with E-state index in [0.717, 1.165) is 5.39 Å². The Morgan fingerprint density at radius 2 is 1.48 bits per heavy atom. The number of benzene rings is 2. The van der Waals surface area contributed by atoms with Crippen molar-refractivity contribution >= 4 is 27.0 Å². The first-order valence-electron chi connectivity index (χ1n) is 6.49. The highest BCUT2D eigenvalue weighted by atomic mass is 32.2. The fourth-order valence-corrected chi connectivity index (χ4v) is 2.28. The van der Waals surface area contributed by atoms with Gasteiger partial charge in [0.15, 0.2) is 0 Å². The summed E-state index contributed by atoms with van der Waals surface area (Å²) in [4.78, 5) is 14.5. The Hall–Kier alpha value is -2.77. The molecule has 6 nitrogen and oxygen atoms in total. The topological polar surface area (TPSA) is 105 Å². The minimum atomic E-state index is -4.00. The fourth-order valence-electron chi connectivity index (χ4n) is 1.78. The molecule has 23 heavy (non-hydrogen) atoms. The molecule has 0 radical (unpaired) electrons. The van der Waals surface area contributed by atoms with Crippen molar-refractivity contribution < 1.29 is 22.9 Å². The highest BCUT2D eigenvalue weighted by Gasteiger charge is 2.06. The third-order valence-corrected chi connectivity index (χ3v) is 3.73. The summed E-state index contributed by atoms with van der Waals surface area (Å²) in [6.45, 7) is 0. The third kappa shape index (κ3) is 4.60. The number of hydrogen-bond acceptors (Lipinski definition) is 4. The number of carboxylic acid groups (broad SMARTS) is 1. The predicted octanol–water partition coefficient (Wildman–Crippen LogP) is 2.87. The van der Waals surface area contributed by atoms with E-state index in [4.69, 9.17) is 9.66 Å². The molecule has 0 bridgehead atoms. The van der Waals surface area contributed by atoms with Crippen molar-refractivity contribution in [1.29, 1.82) is 0 Å². The highest BCUT2D eigenvalue weighted by molar-refractivity contribution is 7.85. The van der Waals surface area contributed by atoms with E-state index in [1.165, 1.54) is 18.2 Å². The van der Waals surface area contributed by atoms with Crippen molar-refractivity contribution in [2.45, 2.75) is 4.90 Å². The van der Waals surface area contributed by atoms with E-state index in [2.05, 4.69) is 4.98 Å². The molecule has 2 N–H and O–H groups in total. The van der Waals surface area contributed by atoms with Crippen LogP contribution < -0.4 is 0 Å². The lowest BCUT2D eigenvalue weighted by Gasteiger charge is -1.97. The van der Waals surface area contributed by atoms with Crippen molar-refractivity contribution in [3.63, 3.8) is 0 Å². The summed E-state index contributed by atoms with van der Waals surface area (Å²) >= 11 is 0. The quantitative estimate of drug-likeness (QED) is 0.700. The maximum Gasteiger partial charge on any atom is 0.354 e. The molecule has 0 spiro atoms. The Labute approximate surface area is 132 Å². The molecule has 7 heteroatoms. The van der Waals surface area contributed by atoms with E-state index in [-0.39, 0.29) is 10.6 Å². The van der Waals surface area contributed by atoms with E-state index in [1.54, 1.807) is 30.3 Å². The summed E-state index contributed by atoms with van der Waals surface area (Å²) in [5, 5.41) is 9.63. The molecule has 0 fully saturated rings. The lowest BCUT2D eigenvalue weighted by atomic mass is 10.2. The molecule has 0 saturated heterocycles. The molecule has 0 aliphatic heterocycles. The summed E-state index contributed by atoms with van der Waals surface area (Å²) in [7, 11) is -4.00. The molecule has 2 aromatic carbocycles. The molecule has 1 heterocycles. The normalized spacial score (nSPS) is 10.7. The average Bonchev–Trinajstić information content (AvgIpc) is 2.55. The van der Waals surface area contributed by atoms with Crippen LogP contribution in [0.3, 0.4) is 0 Å². The van der Waals surface area contributed by atoms with E-state index < -0.39 is 16.1 Å². The molecule has 1 aromatic heterocycles. The van der Waals surface area contributed by atoms with Gasteiger partial charge in [0, 0.05) is 5.39 Å². The fraction of sp³-hybridized carbons (Fsp3) is 0. The van der Waals surface area contributed by atoms with Crippen LogP contribution in [-0.2, 0) is 10.1 Å². The summed E-state index contributed by atoms with van der Waals surface area (Å²) in [6.07, 6.45) is 0. The van der Waals surface area contributed by atoms with Gasteiger partial charge in [-0.05, 0) is 24.3 Å². The van der Waals surface area contributed by atoms with Crippen LogP contribution in [0.2, 0.25) is 0 Å². The highest BCUT2D eigenvalue weighted by Crippen LogP contribution is 2.11. The zero-order chi connectivity index (χ0) is 16.9. The summed E-state index contributed by atoms with van der Waals surface area (Å²) in [6, 6.07) is 18.1. The number of carboxylic acids is 1. The van der Waals surface area contributed by atoms with Gasteiger partial charge < -0.3 is 5.11 Å². The Morgan fingerprint density at radius 3 is 2.04 bits per heavy atom. The number of pyridine rings is 1. The first-order valence-corrected chi connectivity index (χ1v) is 7.93.